The van der Waals surface area contributed by atoms with Gasteiger partial charge in [0.25, 0.3) is 5.91 Å². The summed E-state index contributed by atoms with van der Waals surface area (Å²) in [6.45, 7) is 5.98. The highest BCUT2D eigenvalue weighted by Crippen LogP contribution is 2.39. The molecule has 0 saturated heterocycles. The summed E-state index contributed by atoms with van der Waals surface area (Å²) >= 11 is 1.70. The molecule has 0 spiro atoms. The van der Waals surface area contributed by atoms with Crippen LogP contribution >= 0.6 is 11.3 Å². The number of anilines is 2. The summed E-state index contributed by atoms with van der Waals surface area (Å²) in [7, 11) is 0. The van der Waals surface area contributed by atoms with Crippen molar-refractivity contribution >= 4 is 40.9 Å². The molecule has 38 heavy (non-hydrogen) atoms. The normalized spacial score (nSPS) is 12.8. The van der Waals surface area contributed by atoms with Crippen LogP contribution in [0.3, 0.4) is 0 Å². The van der Waals surface area contributed by atoms with Gasteiger partial charge in [-0.25, -0.2) is 10.2 Å². The number of nitrogens with zero attached hydrogens (tertiary/aromatic N) is 2. The third-order valence-corrected chi connectivity index (χ3v) is 8.12. The number of carbonyl (C=O) groups is 2. The zero-order valence-electron chi connectivity index (χ0n) is 21.8. The minimum atomic E-state index is -0.407. The van der Waals surface area contributed by atoms with E-state index >= 15 is 0 Å². The average Bonchev–Trinajstić information content (AvgIpc) is 3.42. The monoisotopic (exact) mass is 525 g/mol. The van der Waals surface area contributed by atoms with E-state index in [-0.39, 0.29) is 5.91 Å². The van der Waals surface area contributed by atoms with Crippen molar-refractivity contribution in [2.24, 2.45) is 5.10 Å². The molecule has 2 aromatic heterocycles. The molecule has 0 radical (unpaired) electrons. The molecule has 2 aromatic carbocycles. The van der Waals surface area contributed by atoms with Crippen LogP contribution in [0.4, 0.5) is 16.2 Å². The van der Waals surface area contributed by atoms with E-state index in [0.717, 1.165) is 70.1 Å². The highest BCUT2D eigenvalue weighted by molar-refractivity contribution is 7.15. The first kappa shape index (κ1) is 25.5. The molecule has 2 heterocycles. The fraction of sp³-hybridized carbons (Fsp3) is 0.233. The predicted molar refractivity (Wildman–Crippen MR) is 155 cm³/mol. The van der Waals surface area contributed by atoms with E-state index in [1.807, 2.05) is 81.4 Å². The van der Waals surface area contributed by atoms with Gasteiger partial charge >= 0.3 is 6.03 Å². The van der Waals surface area contributed by atoms with Crippen LogP contribution < -0.4 is 16.1 Å². The summed E-state index contributed by atoms with van der Waals surface area (Å²) in [5.41, 5.74) is 9.80. The second-order valence-corrected chi connectivity index (χ2v) is 10.6. The van der Waals surface area contributed by atoms with Crippen LogP contribution in [-0.4, -0.2) is 22.7 Å². The molecule has 0 unspecified atom stereocenters. The number of fused-ring (bicyclic) bond motifs is 1. The van der Waals surface area contributed by atoms with Gasteiger partial charge in [0.1, 0.15) is 5.00 Å². The molecule has 0 bridgehead atoms. The van der Waals surface area contributed by atoms with Crippen LogP contribution in [0.25, 0.3) is 5.00 Å². The molecule has 5 rings (SSSR count). The summed E-state index contributed by atoms with van der Waals surface area (Å²) in [6, 6.07) is 18.8. The smallest absolute Gasteiger partial charge is 0.322 e. The van der Waals surface area contributed by atoms with Crippen LogP contribution in [0.15, 0.2) is 65.8 Å². The lowest BCUT2D eigenvalue weighted by Crippen LogP contribution is -2.24. The Kier molecular flexibility index (Phi) is 7.42. The number of para-hydroxylation sites is 2. The zero-order chi connectivity index (χ0) is 26.6. The molecule has 0 aliphatic heterocycles. The lowest BCUT2D eigenvalue weighted by molar-refractivity contribution is 0.102. The number of aromatic nitrogens is 1. The summed E-state index contributed by atoms with van der Waals surface area (Å²) in [5.74, 6) is -0.0807. The van der Waals surface area contributed by atoms with Gasteiger partial charge in [0, 0.05) is 33.2 Å². The summed E-state index contributed by atoms with van der Waals surface area (Å²) in [6.07, 6.45) is 5.79. The number of benzene rings is 2. The number of hydrogen-bond donors (Lipinski definition) is 3. The Balaban J connectivity index is 1.41. The third-order valence-electron chi connectivity index (χ3n) is 6.85. The van der Waals surface area contributed by atoms with E-state index < -0.39 is 6.03 Å². The first-order valence-electron chi connectivity index (χ1n) is 12.8. The van der Waals surface area contributed by atoms with Gasteiger partial charge in [0.2, 0.25) is 0 Å². The Morgan fingerprint density at radius 3 is 2.47 bits per heavy atom. The number of nitrogens with one attached hydrogen (secondary N) is 3. The Morgan fingerprint density at radius 1 is 0.947 bits per heavy atom. The molecule has 7 nitrogen and oxygen atoms in total. The van der Waals surface area contributed by atoms with E-state index in [2.05, 4.69) is 25.7 Å². The molecule has 3 N–H and O–H groups in total. The number of rotatable bonds is 6. The first-order valence-corrected chi connectivity index (χ1v) is 13.6. The molecular formula is C30H31N5O2S. The average molecular weight is 526 g/mol. The fourth-order valence-electron chi connectivity index (χ4n) is 4.91. The van der Waals surface area contributed by atoms with E-state index in [0.29, 0.717) is 0 Å². The van der Waals surface area contributed by atoms with E-state index in [1.165, 1.54) is 10.4 Å². The van der Waals surface area contributed by atoms with Crippen LogP contribution in [0.5, 0.6) is 0 Å². The molecule has 4 aromatic rings. The summed E-state index contributed by atoms with van der Waals surface area (Å²) < 4.78 is 2.14. The number of urea groups is 1. The van der Waals surface area contributed by atoms with Crippen molar-refractivity contribution < 1.29 is 9.59 Å². The largest absolute Gasteiger partial charge is 0.339 e. The SMILES string of the molecule is Cc1ccccc1NC(=O)NN=Cc1cc(C)n(-c2sc3c(c2C(=O)Nc2ccccc2)CCCC3)c1C. The molecule has 0 fully saturated rings. The standard InChI is InChI=1S/C30H31N5O2S/c1-19-11-7-9-15-25(19)33-30(37)34-31-18-22-17-20(2)35(21(22)3)29-27(24-14-8-10-16-26(24)38-29)28(36)32-23-12-5-4-6-13-23/h4-7,9,11-13,15,17-18H,8,10,14,16H2,1-3H3,(H,32,36)(H2,33,34,37). The van der Waals surface area contributed by atoms with Crippen molar-refractivity contribution in [2.75, 3.05) is 10.6 Å². The predicted octanol–water partition coefficient (Wildman–Crippen LogP) is 6.75. The zero-order valence-corrected chi connectivity index (χ0v) is 22.6. The first-order chi connectivity index (χ1) is 18.4. The molecule has 194 valence electrons. The Hall–Kier alpha value is -4.17. The maximum absolute atomic E-state index is 13.6. The number of thiophene rings is 1. The number of hydrazone groups is 1. The number of hydrogen-bond acceptors (Lipinski definition) is 4. The van der Waals surface area contributed by atoms with Gasteiger partial charge < -0.3 is 15.2 Å². The molecular weight excluding hydrogens is 494 g/mol. The number of aryl methyl sites for hydroxylation is 3. The van der Waals surface area contributed by atoms with Gasteiger partial charge in [-0.15, -0.1) is 11.3 Å². The van der Waals surface area contributed by atoms with Crippen LogP contribution in [0.2, 0.25) is 0 Å². The van der Waals surface area contributed by atoms with Crippen molar-refractivity contribution in [2.45, 2.75) is 46.5 Å². The summed E-state index contributed by atoms with van der Waals surface area (Å²) in [4.78, 5) is 27.2. The van der Waals surface area contributed by atoms with Gasteiger partial charge in [-0.05, 0) is 81.8 Å². The highest BCUT2D eigenvalue weighted by atomic mass is 32.1. The van der Waals surface area contributed by atoms with Crippen molar-refractivity contribution in [3.63, 3.8) is 0 Å². The minimum absolute atomic E-state index is 0.0807. The maximum Gasteiger partial charge on any atom is 0.339 e. The third kappa shape index (κ3) is 5.26. The van der Waals surface area contributed by atoms with Crippen LogP contribution in [0.1, 0.15) is 56.2 Å². The minimum Gasteiger partial charge on any atom is -0.322 e. The van der Waals surface area contributed by atoms with E-state index in [4.69, 9.17) is 0 Å². The molecule has 1 aliphatic carbocycles. The number of carbonyl (C=O) groups excluding carboxylic acids is 2. The highest BCUT2D eigenvalue weighted by Gasteiger charge is 2.28. The van der Waals surface area contributed by atoms with Crippen LogP contribution in [0, 0.1) is 20.8 Å². The van der Waals surface area contributed by atoms with Gasteiger partial charge in [-0.1, -0.05) is 36.4 Å². The molecule has 0 atom stereocenters. The Morgan fingerprint density at radius 2 is 1.68 bits per heavy atom. The molecule has 8 heteroatoms. The van der Waals surface area contributed by atoms with Crippen molar-refractivity contribution in [1.82, 2.24) is 9.99 Å². The van der Waals surface area contributed by atoms with Gasteiger partial charge in [0.05, 0.1) is 11.8 Å². The van der Waals surface area contributed by atoms with E-state index in [9.17, 15) is 9.59 Å². The molecule has 1 aliphatic rings. The maximum atomic E-state index is 13.6. The fourth-order valence-corrected chi connectivity index (χ4v) is 6.41. The van der Waals surface area contributed by atoms with Crippen molar-refractivity contribution in [1.29, 1.82) is 0 Å². The second kappa shape index (κ2) is 11.1. The lowest BCUT2D eigenvalue weighted by Gasteiger charge is -2.14. The van der Waals surface area contributed by atoms with Crippen LogP contribution in [-0.2, 0) is 12.8 Å². The lowest BCUT2D eigenvalue weighted by atomic mass is 9.95. The number of amides is 3. The molecule has 0 saturated carbocycles. The van der Waals surface area contributed by atoms with E-state index in [1.54, 1.807) is 17.6 Å². The van der Waals surface area contributed by atoms with Gasteiger partial charge in [0.15, 0.2) is 0 Å². The van der Waals surface area contributed by atoms with Crippen molar-refractivity contribution in [3.05, 3.63) is 99.2 Å². The topological polar surface area (TPSA) is 87.5 Å². The second-order valence-electron chi connectivity index (χ2n) is 9.51. The van der Waals surface area contributed by atoms with Crippen molar-refractivity contribution in [3.8, 4) is 5.00 Å². The molecule has 3 amide bonds. The Bertz CT molecular complexity index is 1520. The quantitative estimate of drug-likeness (QED) is 0.192. The van der Waals surface area contributed by atoms with Gasteiger partial charge in [-0.2, -0.15) is 5.10 Å². The Labute approximate surface area is 226 Å². The summed E-state index contributed by atoms with van der Waals surface area (Å²) in [5, 5.41) is 11.0. The van der Waals surface area contributed by atoms with Gasteiger partial charge in [-0.3, -0.25) is 4.79 Å².